The van der Waals surface area contributed by atoms with Gasteiger partial charge in [0.25, 0.3) is 0 Å². The number of rotatable bonds is 9. The van der Waals surface area contributed by atoms with E-state index in [1.807, 2.05) is 0 Å². The van der Waals surface area contributed by atoms with E-state index in [2.05, 4.69) is 19.2 Å². The predicted molar refractivity (Wildman–Crippen MR) is 60.0 cm³/mol. The Kier molecular flexibility index (Phi) is 9.83. The van der Waals surface area contributed by atoms with E-state index in [0.717, 1.165) is 13.2 Å². The molecule has 0 bridgehead atoms. The van der Waals surface area contributed by atoms with Crippen molar-refractivity contribution in [2.24, 2.45) is 5.92 Å². The molecule has 0 aromatic heterocycles. The van der Waals surface area contributed by atoms with Gasteiger partial charge in [0.1, 0.15) is 0 Å². The van der Waals surface area contributed by atoms with Crippen molar-refractivity contribution in [3.05, 3.63) is 0 Å². The molecule has 0 rings (SSSR count). The molecule has 4 heteroatoms. The Bertz CT molecular complexity index is 125. The molecular weight excluding hydrogens is 202 g/mol. The summed E-state index contributed by atoms with van der Waals surface area (Å²) < 4.78 is 10.2. The van der Waals surface area contributed by atoms with Crippen molar-refractivity contribution in [1.29, 1.82) is 0 Å². The molecule has 0 aliphatic carbocycles. The maximum atomic E-state index is 5.74. The van der Waals surface area contributed by atoms with Crippen molar-refractivity contribution in [1.82, 2.24) is 5.32 Å². The van der Waals surface area contributed by atoms with Crippen molar-refractivity contribution in [2.75, 3.05) is 39.4 Å². The fraction of sp³-hybridized carbons (Fsp3) is 1.00. The van der Waals surface area contributed by atoms with E-state index in [1.54, 1.807) is 7.11 Å². The number of hydrogen-bond acceptors (Lipinski definition) is 3. The minimum absolute atomic E-state index is 0.443. The fourth-order valence-electron chi connectivity index (χ4n) is 0.938. The first-order chi connectivity index (χ1) is 6.72. The minimum atomic E-state index is 0.443. The SMILES string of the molecule is COCCOCCNC(C)C(C)CCl. The van der Waals surface area contributed by atoms with Crippen LogP contribution in [0.4, 0.5) is 0 Å². The normalized spacial score (nSPS) is 15.4. The minimum Gasteiger partial charge on any atom is -0.382 e. The molecule has 1 N–H and O–H groups in total. The van der Waals surface area contributed by atoms with Gasteiger partial charge in [-0.15, -0.1) is 11.6 Å². The highest BCUT2D eigenvalue weighted by molar-refractivity contribution is 6.18. The molecule has 14 heavy (non-hydrogen) atoms. The molecule has 3 nitrogen and oxygen atoms in total. The molecule has 0 fully saturated rings. The average molecular weight is 224 g/mol. The topological polar surface area (TPSA) is 30.5 Å². The molecule has 0 aliphatic heterocycles. The first kappa shape index (κ1) is 14.2. The largest absolute Gasteiger partial charge is 0.382 e. The number of halogens is 1. The van der Waals surface area contributed by atoms with Gasteiger partial charge in [0.15, 0.2) is 0 Å². The smallest absolute Gasteiger partial charge is 0.0700 e. The van der Waals surface area contributed by atoms with Crippen LogP contribution in [0.5, 0.6) is 0 Å². The van der Waals surface area contributed by atoms with Crippen molar-refractivity contribution in [3.63, 3.8) is 0 Å². The highest BCUT2D eigenvalue weighted by Gasteiger charge is 2.08. The highest BCUT2D eigenvalue weighted by atomic mass is 35.5. The average Bonchev–Trinajstić information content (AvgIpc) is 2.21. The number of hydrogen-bond donors (Lipinski definition) is 1. The van der Waals surface area contributed by atoms with Gasteiger partial charge < -0.3 is 14.8 Å². The van der Waals surface area contributed by atoms with Crippen LogP contribution < -0.4 is 5.32 Å². The third-order valence-corrected chi connectivity index (χ3v) is 2.73. The summed E-state index contributed by atoms with van der Waals surface area (Å²) in [7, 11) is 1.67. The maximum Gasteiger partial charge on any atom is 0.0700 e. The van der Waals surface area contributed by atoms with Gasteiger partial charge in [-0.3, -0.25) is 0 Å². The van der Waals surface area contributed by atoms with E-state index in [-0.39, 0.29) is 0 Å². The van der Waals surface area contributed by atoms with Crippen LogP contribution in [-0.2, 0) is 9.47 Å². The Labute approximate surface area is 92.1 Å². The summed E-state index contributed by atoms with van der Waals surface area (Å²) >= 11 is 5.74. The quantitative estimate of drug-likeness (QED) is 0.475. The lowest BCUT2D eigenvalue weighted by atomic mass is 10.1. The zero-order valence-corrected chi connectivity index (χ0v) is 10.1. The van der Waals surface area contributed by atoms with Crippen LogP contribution in [0.3, 0.4) is 0 Å². The molecule has 0 saturated carbocycles. The zero-order valence-electron chi connectivity index (χ0n) is 9.38. The van der Waals surface area contributed by atoms with Crippen molar-refractivity contribution in [2.45, 2.75) is 19.9 Å². The summed E-state index contributed by atoms with van der Waals surface area (Å²) in [5.41, 5.74) is 0. The molecule has 0 aliphatic rings. The lowest BCUT2D eigenvalue weighted by Crippen LogP contribution is -2.35. The molecule has 86 valence electrons. The Balaban J connectivity index is 3.18. The standard InChI is InChI=1S/C10H22ClNO2/c1-9(8-11)10(2)12-4-5-14-7-6-13-3/h9-10,12H,4-8H2,1-3H3. The molecule has 0 heterocycles. The van der Waals surface area contributed by atoms with Gasteiger partial charge in [0.2, 0.25) is 0 Å². The van der Waals surface area contributed by atoms with Crippen LogP contribution in [0.15, 0.2) is 0 Å². The van der Waals surface area contributed by atoms with Crippen LogP contribution in [-0.4, -0.2) is 45.4 Å². The second-order valence-electron chi connectivity index (χ2n) is 3.48. The molecule has 0 amide bonds. The molecule has 2 atom stereocenters. The maximum absolute atomic E-state index is 5.74. The van der Waals surface area contributed by atoms with Gasteiger partial charge in [-0.2, -0.15) is 0 Å². The number of alkyl halides is 1. The number of methoxy groups -OCH3 is 1. The second-order valence-corrected chi connectivity index (χ2v) is 3.79. The summed E-state index contributed by atoms with van der Waals surface area (Å²) in [6, 6.07) is 0.443. The van der Waals surface area contributed by atoms with Crippen molar-refractivity contribution in [3.8, 4) is 0 Å². The molecule has 2 unspecified atom stereocenters. The first-order valence-corrected chi connectivity index (χ1v) is 5.61. The van der Waals surface area contributed by atoms with Crippen LogP contribution in [0.25, 0.3) is 0 Å². The van der Waals surface area contributed by atoms with Gasteiger partial charge in [-0.05, 0) is 12.8 Å². The van der Waals surface area contributed by atoms with E-state index in [1.165, 1.54) is 0 Å². The molecule has 0 aromatic carbocycles. The van der Waals surface area contributed by atoms with E-state index in [9.17, 15) is 0 Å². The monoisotopic (exact) mass is 223 g/mol. The van der Waals surface area contributed by atoms with Crippen LogP contribution in [0.2, 0.25) is 0 Å². The van der Waals surface area contributed by atoms with Crippen molar-refractivity contribution < 1.29 is 9.47 Å². The van der Waals surface area contributed by atoms with Crippen LogP contribution in [0, 0.1) is 5.92 Å². The Morgan fingerprint density at radius 3 is 2.50 bits per heavy atom. The summed E-state index contributed by atoms with van der Waals surface area (Å²) in [5, 5.41) is 3.36. The van der Waals surface area contributed by atoms with Gasteiger partial charge in [-0.1, -0.05) is 6.92 Å². The molecule has 0 radical (unpaired) electrons. The van der Waals surface area contributed by atoms with E-state index in [0.29, 0.717) is 31.1 Å². The lowest BCUT2D eigenvalue weighted by molar-refractivity contribution is 0.0707. The van der Waals surface area contributed by atoms with Crippen LogP contribution in [0.1, 0.15) is 13.8 Å². The first-order valence-electron chi connectivity index (χ1n) is 5.08. The van der Waals surface area contributed by atoms with Gasteiger partial charge >= 0.3 is 0 Å². The van der Waals surface area contributed by atoms with E-state index in [4.69, 9.17) is 21.1 Å². The van der Waals surface area contributed by atoms with Gasteiger partial charge in [0, 0.05) is 25.6 Å². The Morgan fingerprint density at radius 2 is 1.93 bits per heavy atom. The Hall–Kier alpha value is 0.170. The third-order valence-electron chi connectivity index (χ3n) is 2.24. The summed E-state index contributed by atoms with van der Waals surface area (Å²) in [6.45, 7) is 7.19. The summed E-state index contributed by atoms with van der Waals surface area (Å²) in [4.78, 5) is 0. The predicted octanol–water partition coefficient (Wildman–Crippen LogP) is 1.50. The molecule has 0 aromatic rings. The molecular formula is C10H22ClNO2. The highest BCUT2D eigenvalue weighted by Crippen LogP contribution is 2.03. The number of ether oxygens (including phenoxy) is 2. The fourth-order valence-corrected chi connectivity index (χ4v) is 1.21. The van der Waals surface area contributed by atoms with E-state index >= 15 is 0 Å². The van der Waals surface area contributed by atoms with E-state index < -0.39 is 0 Å². The molecule has 0 saturated heterocycles. The zero-order chi connectivity index (χ0) is 10.8. The number of nitrogens with one attached hydrogen (secondary N) is 1. The second kappa shape index (κ2) is 9.71. The third kappa shape index (κ3) is 7.56. The Morgan fingerprint density at radius 1 is 1.21 bits per heavy atom. The van der Waals surface area contributed by atoms with Gasteiger partial charge in [0.05, 0.1) is 19.8 Å². The van der Waals surface area contributed by atoms with Crippen molar-refractivity contribution >= 4 is 11.6 Å². The lowest BCUT2D eigenvalue weighted by Gasteiger charge is -2.18. The van der Waals surface area contributed by atoms with Gasteiger partial charge in [-0.25, -0.2) is 0 Å². The molecule has 0 spiro atoms. The summed E-state index contributed by atoms with van der Waals surface area (Å²) in [5.74, 6) is 1.19. The van der Waals surface area contributed by atoms with Crippen LogP contribution >= 0.6 is 11.6 Å². The summed E-state index contributed by atoms with van der Waals surface area (Å²) in [6.07, 6.45) is 0.